The molecular weight excluding hydrogens is 482 g/mol. The van der Waals surface area contributed by atoms with Crippen LogP contribution in [0.5, 0.6) is 0 Å². The number of piperidine rings is 1. The van der Waals surface area contributed by atoms with Crippen LogP contribution in [0, 0.1) is 12.8 Å². The van der Waals surface area contributed by atoms with Gasteiger partial charge in [0.05, 0.1) is 23.5 Å². The fourth-order valence-corrected chi connectivity index (χ4v) is 5.58. The monoisotopic (exact) mass is 513 g/mol. The van der Waals surface area contributed by atoms with Crippen LogP contribution >= 0.6 is 11.3 Å². The van der Waals surface area contributed by atoms with Gasteiger partial charge in [-0.25, -0.2) is 0 Å². The van der Waals surface area contributed by atoms with Crippen LogP contribution in [-0.4, -0.2) is 40.0 Å². The van der Waals surface area contributed by atoms with E-state index in [9.17, 15) is 9.59 Å². The van der Waals surface area contributed by atoms with Crippen molar-refractivity contribution in [2.24, 2.45) is 11.7 Å². The third kappa shape index (κ3) is 6.15. The average Bonchev–Trinajstić information content (AvgIpc) is 3.53. The maximum absolute atomic E-state index is 12.6. The Kier molecular flexibility index (Phi) is 7.48. The van der Waals surface area contributed by atoms with Crippen molar-refractivity contribution in [2.45, 2.75) is 32.7 Å². The summed E-state index contributed by atoms with van der Waals surface area (Å²) in [4.78, 5) is 27.5. The molecule has 4 N–H and O–H groups in total. The van der Waals surface area contributed by atoms with Gasteiger partial charge in [0.25, 0.3) is 0 Å². The first-order chi connectivity index (χ1) is 17.9. The van der Waals surface area contributed by atoms with Gasteiger partial charge in [-0.2, -0.15) is 5.10 Å². The normalized spacial score (nSPS) is 16.4. The second-order valence-corrected chi connectivity index (χ2v) is 10.7. The number of fused-ring (bicyclic) bond motifs is 1. The highest BCUT2D eigenvalue weighted by Crippen LogP contribution is 2.26. The van der Waals surface area contributed by atoms with Crippen LogP contribution in [0.3, 0.4) is 0 Å². The number of H-pyrrole nitrogens is 1. The number of benzene rings is 2. The molecule has 0 aliphatic carbocycles. The zero-order chi connectivity index (χ0) is 25.8. The lowest BCUT2D eigenvalue weighted by atomic mass is 9.97. The summed E-state index contributed by atoms with van der Waals surface area (Å²) in [7, 11) is 0. The van der Waals surface area contributed by atoms with Crippen LogP contribution in [0.1, 0.15) is 40.1 Å². The summed E-state index contributed by atoms with van der Waals surface area (Å²) in [5.41, 5.74) is 11.3. The van der Waals surface area contributed by atoms with E-state index in [1.54, 1.807) is 11.3 Å². The SMILES string of the molecule is Cc1cc2[nH]nc(C=Cc3cccc(CN4CCCC(C(N)=O)C4)c3)c2cc1NC(=O)Cc1cccs1. The van der Waals surface area contributed by atoms with Gasteiger partial charge in [-0.1, -0.05) is 36.4 Å². The first kappa shape index (κ1) is 24.9. The van der Waals surface area contributed by atoms with Crippen molar-refractivity contribution in [2.75, 3.05) is 18.4 Å². The van der Waals surface area contributed by atoms with Crippen molar-refractivity contribution in [1.29, 1.82) is 0 Å². The fraction of sp³-hybridized carbons (Fsp3) is 0.276. The average molecular weight is 514 g/mol. The van der Waals surface area contributed by atoms with E-state index in [-0.39, 0.29) is 17.7 Å². The van der Waals surface area contributed by atoms with Gasteiger partial charge in [-0.05, 0) is 72.7 Å². The van der Waals surface area contributed by atoms with Crippen molar-refractivity contribution in [1.82, 2.24) is 15.1 Å². The lowest BCUT2D eigenvalue weighted by Gasteiger charge is -2.31. The molecule has 8 heteroatoms. The van der Waals surface area contributed by atoms with Gasteiger partial charge in [-0.3, -0.25) is 19.6 Å². The van der Waals surface area contributed by atoms with Gasteiger partial charge in [0.15, 0.2) is 0 Å². The number of nitrogens with zero attached hydrogens (tertiary/aromatic N) is 2. The Hall–Kier alpha value is -3.75. The number of nitrogens with two attached hydrogens (primary N) is 1. The summed E-state index contributed by atoms with van der Waals surface area (Å²) in [5.74, 6) is -0.287. The first-order valence-corrected chi connectivity index (χ1v) is 13.4. The lowest BCUT2D eigenvalue weighted by molar-refractivity contribution is -0.123. The Morgan fingerprint density at radius 1 is 1.22 bits per heavy atom. The standard InChI is InChI=1S/C29H31N5O2S/c1-19-13-27-24(16-26(19)31-28(35)15-23-8-4-12-37-23)25(32-33-27)10-9-20-5-2-6-21(14-20)17-34-11-3-7-22(18-34)29(30)36/h2,4-6,8-10,12-14,16,22H,3,7,11,15,17-18H2,1H3,(H2,30,36)(H,31,35)(H,32,33). The Labute approximate surface area is 220 Å². The number of rotatable bonds is 8. The second-order valence-electron chi connectivity index (χ2n) is 9.68. The topological polar surface area (TPSA) is 104 Å². The quantitative estimate of drug-likeness (QED) is 0.309. The van der Waals surface area contributed by atoms with Gasteiger partial charge in [0.1, 0.15) is 0 Å². The van der Waals surface area contributed by atoms with E-state index in [0.717, 1.165) is 70.8 Å². The van der Waals surface area contributed by atoms with Gasteiger partial charge in [0.2, 0.25) is 11.8 Å². The van der Waals surface area contributed by atoms with Crippen LogP contribution in [0.2, 0.25) is 0 Å². The molecule has 0 radical (unpaired) electrons. The molecule has 2 aromatic carbocycles. The zero-order valence-electron chi connectivity index (χ0n) is 20.9. The molecule has 5 rings (SSSR count). The number of thiophene rings is 1. The summed E-state index contributed by atoms with van der Waals surface area (Å²) in [6.07, 6.45) is 6.29. The molecule has 1 atom stereocenters. The number of hydrogen-bond donors (Lipinski definition) is 3. The third-order valence-electron chi connectivity index (χ3n) is 6.83. The number of aromatic nitrogens is 2. The predicted octanol–water partition coefficient (Wildman–Crippen LogP) is 4.98. The molecule has 2 aromatic heterocycles. The Balaban J connectivity index is 1.29. The van der Waals surface area contributed by atoms with E-state index in [0.29, 0.717) is 6.42 Å². The highest BCUT2D eigenvalue weighted by Gasteiger charge is 2.23. The summed E-state index contributed by atoms with van der Waals surface area (Å²) in [5, 5.41) is 13.6. The number of carbonyl (C=O) groups is 2. The van der Waals surface area contributed by atoms with Gasteiger partial charge < -0.3 is 11.1 Å². The lowest BCUT2D eigenvalue weighted by Crippen LogP contribution is -2.40. The highest BCUT2D eigenvalue weighted by atomic mass is 32.1. The van der Waals surface area contributed by atoms with E-state index in [4.69, 9.17) is 5.73 Å². The van der Waals surface area contributed by atoms with E-state index in [1.807, 2.05) is 42.6 Å². The number of aromatic amines is 1. The van der Waals surface area contributed by atoms with Crippen molar-refractivity contribution in [3.63, 3.8) is 0 Å². The van der Waals surface area contributed by atoms with E-state index >= 15 is 0 Å². The molecule has 1 saturated heterocycles. The smallest absolute Gasteiger partial charge is 0.229 e. The molecule has 2 amide bonds. The van der Waals surface area contributed by atoms with Crippen LogP contribution < -0.4 is 11.1 Å². The number of likely N-dealkylation sites (tertiary alicyclic amines) is 1. The van der Waals surface area contributed by atoms with Gasteiger partial charge in [0, 0.05) is 29.0 Å². The summed E-state index contributed by atoms with van der Waals surface area (Å²) < 4.78 is 0. The number of hydrogen-bond acceptors (Lipinski definition) is 5. The Bertz CT molecular complexity index is 1440. The largest absolute Gasteiger partial charge is 0.369 e. The Morgan fingerprint density at radius 2 is 2.11 bits per heavy atom. The number of nitrogens with one attached hydrogen (secondary N) is 2. The van der Waals surface area contributed by atoms with Crippen LogP contribution in [0.15, 0.2) is 53.9 Å². The van der Waals surface area contributed by atoms with Crippen molar-refractivity contribution >= 4 is 51.9 Å². The number of carbonyl (C=O) groups excluding carboxylic acids is 2. The van der Waals surface area contributed by atoms with E-state index < -0.39 is 0 Å². The minimum atomic E-state index is -0.201. The molecule has 0 bridgehead atoms. The van der Waals surface area contributed by atoms with Crippen molar-refractivity contribution < 1.29 is 9.59 Å². The van der Waals surface area contributed by atoms with E-state index in [2.05, 4.69) is 50.8 Å². The molecule has 37 heavy (non-hydrogen) atoms. The van der Waals surface area contributed by atoms with Crippen molar-refractivity contribution in [3.05, 3.63) is 81.2 Å². The van der Waals surface area contributed by atoms with Crippen LogP contribution in [0.25, 0.3) is 23.1 Å². The molecule has 1 fully saturated rings. The summed E-state index contributed by atoms with van der Waals surface area (Å²) in [6.45, 7) is 4.48. The molecule has 0 saturated carbocycles. The molecule has 7 nitrogen and oxygen atoms in total. The molecule has 1 aliphatic heterocycles. The van der Waals surface area contributed by atoms with Crippen LogP contribution in [-0.2, 0) is 22.6 Å². The molecule has 4 aromatic rings. The minimum absolute atomic E-state index is 0.0295. The number of primary amides is 1. The fourth-order valence-electron chi connectivity index (χ4n) is 4.88. The number of anilines is 1. The third-order valence-corrected chi connectivity index (χ3v) is 7.70. The van der Waals surface area contributed by atoms with Crippen LogP contribution in [0.4, 0.5) is 5.69 Å². The molecular formula is C29H31N5O2S. The second kappa shape index (κ2) is 11.1. The zero-order valence-corrected chi connectivity index (χ0v) is 21.7. The first-order valence-electron chi connectivity index (χ1n) is 12.5. The van der Waals surface area contributed by atoms with Gasteiger partial charge in [-0.15, -0.1) is 11.3 Å². The van der Waals surface area contributed by atoms with Crippen molar-refractivity contribution in [3.8, 4) is 0 Å². The maximum atomic E-state index is 12.6. The minimum Gasteiger partial charge on any atom is -0.369 e. The predicted molar refractivity (Wildman–Crippen MR) is 150 cm³/mol. The molecule has 190 valence electrons. The summed E-state index contributed by atoms with van der Waals surface area (Å²) in [6, 6.07) is 16.3. The molecule has 3 heterocycles. The van der Waals surface area contributed by atoms with E-state index in [1.165, 1.54) is 5.56 Å². The Morgan fingerprint density at radius 3 is 2.92 bits per heavy atom. The molecule has 1 unspecified atom stereocenters. The summed E-state index contributed by atoms with van der Waals surface area (Å²) >= 11 is 1.58. The maximum Gasteiger partial charge on any atom is 0.229 e. The highest BCUT2D eigenvalue weighted by molar-refractivity contribution is 7.10. The number of amides is 2. The van der Waals surface area contributed by atoms with Gasteiger partial charge >= 0.3 is 0 Å². The number of aryl methyl sites for hydroxylation is 1. The molecule has 1 aliphatic rings. The molecule has 0 spiro atoms.